The Bertz CT molecular complexity index is 1510. The Morgan fingerprint density at radius 2 is 1.97 bits per heavy atom. The summed E-state index contributed by atoms with van der Waals surface area (Å²) >= 11 is 6.39. The normalized spacial score (nSPS) is 13.4. The van der Waals surface area contributed by atoms with Gasteiger partial charge in [0.25, 0.3) is 0 Å². The maximum atomic E-state index is 6.39. The van der Waals surface area contributed by atoms with E-state index in [1.54, 1.807) is 6.20 Å². The summed E-state index contributed by atoms with van der Waals surface area (Å²) in [5.41, 5.74) is 9.52. The zero-order chi connectivity index (χ0) is 23.1. The lowest BCUT2D eigenvalue weighted by Gasteiger charge is -2.11. The smallest absolute Gasteiger partial charge is 0.151 e. The van der Waals surface area contributed by atoms with E-state index in [0.717, 1.165) is 46.2 Å². The van der Waals surface area contributed by atoms with Gasteiger partial charge in [0, 0.05) is 29.9 Å². The number of nitrogens with one attached hydrogen (secondary N) is 1. The van der Waals surface area contributed by atoms with Gasteiger partial charge in [-0.15, -0.1) is 0 Å². The predicted octanol–water partition coefficient (Wildman–Crippen LogP) is 5.61. The molecule has 1 aliphatic carbocycles. The second-order valence-electron chi connectivity index (χ2n) is 8.64. The Morgan fingerprint density at radius 3 is 2.85 bits per heavy atom. The standard InChI is InChI=1S/C26H23ClN6O/c27-21-13-33(26-24(21)25(28)30-15-31-26)19-3-1-2-17(10-19)14-34-20-8-6-18-7-9-23(32-22(18)11-20)29-12-16-4-5-16/h1-3,6-11,13,15-16H,4-5,12,14H2,(H,29,32)(H2,28,30,31). The average Bonchev–Trinajstić information content (AvgIpc) is 3.63. The molecule has 1 saturated carbocycles. The van der Waals surface area contributed by atoms with Crippen LogP contribution in [0.1, 0.15) is 18.4 Å². The molecule has 3 aromatic heterocycles. The molecule has 0 saturated heterocycles. The summed E-state index contributed by atoms with van der Waals surface area (Å²) in [5, 5.41) is 5.69. The fourth-order valence-electron chi connectivity index (χ4n) is 4.06. The van der Waals surface area contributed by atoms with Crippen LogP contribution in [0.2, 0.25) is 5.02 Å². The highest BCUT2D eigenvalue weighted by Crippen LogP contribution is 2.31. The number of halogens is 1. The lowest BCUT2D eigenvalue weighted by molar-refractivity contribution is 0.306. The molecule has 5 aromatic rings. The molecular weight excluding hydrogens is 448 g/mol. The molecule has 0 bridgehead atoms. The number of nitrogens with zero attached hydrogens (tertiary/aromatic N) is 4. The summed E-state index contributed by atoms with van der Waals surface area (Å²) in [4.78, 5) is 13.2. The zero-order valence-corrected chi connectivity index (χ0v) is 19.2. The molecule has 0 spiro atoms. The monoisotopic (exact) mass is 470 g/mol. The first-order valence-corrected chi connectivity index (χ1v) is 11.7. The van der Waals surface area contributed by atoms with Gasteiger partial charge in [-0.3, -0.25) is 4.57 Å². The van der Waals surface area contributed by atoms with Gasteiger partial charge < -0.3 is 15.8 Å². The van der Waals surface area contributed by atoms with E-state index in [0.29, 0.717) is 28.5 Å². The van der Waals surface area contributed by atoms with E-state index in [-0.39, 0.29) is 0 Å². The van der Waals surface area contributed by atoms with Gasteiger partial charge >= 0.3 is 0 Å². The highest BCUT2D eigenvalue weighted by molar-refractivity contribution is 6.36. The van der Waals surface area contributed by atoms with E-state index < -0.39 is 0 Å². The van der Waals surface area contributed by atoms with Crippen LogP contribution < -0.4 is 15.8 Å². The lowest BCUT2D eigenvalue weighted by atomic mass is 10.2. The summed E-state index contributed by atoms with van der Waals surface area (Å²) in [5.74, 6) is 2.85. The molecule has 3 N–H and O–H groups in total. The maximum absolute atomic E-state index is 6.39. The number of nitrogens with two attached hydrogens (primary N) is 1. The SMILES string of the molecule is Nc1ncnc2c1c(Cl)cn2-c1cccc(COc2ccc3ccc(NCC4CC4)nc3c2)c1. The van der Waals surface area contributed by atoms with Gasteiger partial charge in [0.1, 0.15) is 30.3 Å². The van der Waals surface area contributed by atoms with E-state index in [1.807, 2.05) is 53.1 Å². The predicted molar refractivity (Wildman–Crippen MR) is 136 cm³/mol. The van der Waals surface area contributed by atoms with Crippen molar-refractivity contribution in [3.05, 3.63) is 77.7 Å². The fourth-order valence-corrected chi connectivity index (χ4v) is 4.33. The third-order valence-electron chi connectivity index (χ3n) is 6.09. The first kappa shape index (κ1) is 20.7. The van der Waals surface area contributed by atoms with Crippen molar-refractivity contribution in [3.63, 3.8) is 0 Å². The molecule has 1 aliphatic rings. The van der Waals surface area contributed by atoms with Crippen LogP contribution in [-0.4, -0.2) is 26.1 Å². The second kappa shape index (κ2) is 8.50. The Morgan fingerprint density at radius 1 is 1.09 bits per heavy atom. The van der Waals surface area contributed by atoms with Crippen LogP contribution in [0.4, 0.5) is 11.6 Å². The lowest BCUT2D eigenvalue weighted by Crippen LogP contribution is -2.04. The van der Waals surface area contributed by atoms with Gasteiger partial charge in [-0.05, 0) is 60.7 Å². The van der Waals surface area contributed by atoms with Gasteiger partial charge in [-0.2, -0.15) is 0 Å². The first-order chi connectivity index (χ1) is 16.6. The first-order valence-electron chi connectivity index (χ1n) is 11.3. The molecule has 6 rings (SSSR count). The van der Waals surface area contributed by atoms with Crippen LogP contribution in [0.25, 0.3) is 27.6 Å². The third kappa shape index (κ3) is 4.10. The number of anilines is 2. The molecule has 2 aromatic carbocycles. The van der Waals surface area contributed by atoms with E-state index in [4.69, 9.17) is 27.1 Å². The fraction of sp³-hybridized carbons (Fsp3) is 0.192. The van der Waals surface area contributed by atoms with Crippen LogP contribution in [0.3, 0.4) is 0 Å². The summed E-state index contributed by atoms with van der Waals surface area (Å²) in [6.45, 7) is 1.41. The maximum Gasteiger partial charge on any atom is 0.151 e. The molecule has 0 radical (unpaired) electrons. The molecule has 8 heteroatoms. The van der Waals surface area contributed by atoms with Gasteiger partial charge in [0.05, 0.1) is 15.9 Å². The van der Waals surface area contributed by atoms with Crippen molar-refractivity contribution in [2.75, 3.05) is 17.6 Å². The number of hydrogen-bond donors (Lipinski definition) is 2. The molecule has 7 nitrogen and oxygen atoms in total. The molecule has 0 aliphatic heterocycles. The number of nitrogen functional groups attached to an aromatic ring is 1. The highest BCUT2D eigenvalue weighted by Gasteiger charge is 2.20. The minimum absolute atomic E-state index is 0.365. The molecule has 3 heterocycles. The highest BCUT2D eigenvalue weighted by atomic mass is 35.5. The van der Waals surface area contributed by atoms with Crippen molar-refractivity contribution in [1.29, 1.82) is 0 Å². The summed E-state index contributed by atoms with van der Waals surface area (Å²) in [6.07, 6.45) is 5.88. The van der Waals surface area contributed by atoms with Crippen LogP contribution in [0, 0.1) is 5.92 Å². The van der Waals surface area contributed by atoms with E-state index in [9.17, 15) is 0 Å². The van der Waals surface area contributed by atoms with Gasteiger partial charge in [-0.1, -0.05) is 23.7 Å². The zero-order valence-electron chi connectivity index (χ0n) is 18.4. The van der Waals surface area contributed by atoms with E-state index in [1.165, 1.54) is 19.2 Å². The number of benzene rings is 2. The van der Waals surface area contributed by atoms with Crippen molar-refractivity contribution in [3.8, 4) is 11.4 Å². The van der Waals surface area contributed by atoms with Crippen LogP contribution in [0.15, 0.2) is 67.1 Å². The largest absolute Gasteiger partial charge is 0.489 e. The Labute approximate surface area is 201 Å². The van der Waals surface area contributed by atoms with Crippen molar-refractivity contribution in [1.82, 2.24) is 19.5 Å². The molecule has 0 amide bonds. The minimum Gasteiger partial charge on any atom is -0.489 e. The van der Waals surface area contributed by atoms with Crippen LogP contribution >= 0.6 is 11.6 Å². The molecular formula is C26H23ClN6O. The molecule has 170 valence electrons. The minimum atomic E-state index is 0.365. The van der Waals surface area contributed by atoms with Crippen LogP contribution in [0.5, 0.6) is 5.75 Å². The Hall–Kier alpha value is -3.84. The van der Waals surface area contributed by atoms with Crippen molar-refractivity contribution in [2.45, 2.75) is 19.4 Å². The summed E-state index contributed by atoms with van der Waals surface area (Å²) in [6, 6.07) is 18.2. The number of pyridine rings is 1. The Kier molecular flexibility index (Phi) is 5.19. The average molecular weight is 471 g/mol. The molecule has 0 unspecified atom stereocenters. The Balaban J connectivity index is 1.21. The van der Waals surface area contributed by atoms with Crippen molar-refractivity contribution >= 4 is 45.2 Å². The number of ether oxygens (including phenoxy) is 1. The van der Waals surface area contributed by atoms with Gasteiger partial charge in [-0.25, -0.2) is 15.0 Å². The van der Waals surface area contributed by atoms with Crippen molar-refractivity contribution < 1.29 is 4.74 Å². The number of aromatic nitrogens is 4. The molecule has 0 atom stereocenters. The van der Waals surface area contributed by atoms with E-state index in [2.05, 4.69) is 21.4 Å². The summed E-state index contributed by atoms with van der Waals surface area (Å²) in [7, 11) is 0. The number of rotatable bonds is 7. The van der Waals surface area contributed by atoms with E-state index >= 15 is 0 Å². The van der Waals surface area contributed by atoms with Gasteiger partial charge in [0.15, 0.2) is 5.65 Å². The van der Waals surface area contributed by atoms with Crippen molar-refractivity contribution in [2.24, 2.45) is 5.92 Å². The number of hydrogen-bond acceptors (Lipinski definition) is 6. The quantitative estimate of drug-likeness (QED) is 0.321. The second-order valence-corrected chi connectivity index (χ2v) is 9.05. The third-order valence-corrected chi connectivity index (χ3v) is 6.38. The van der Waals surface area contributed by atoms with Gasteiger partial charge in [0.2, 0.25) is 0 Å². The molecule has 1 fully saturated rings. The number of fused-ring (bicyclic) bond motifs is 2. The topological polar surface area (TPSA) is 90.9 Å². The summed E-state index contributed by atoms with van der Waals surface area (Å²) < 4.78 is 8.02. The molecule has 34 heavy (non-hydrogen) atoms. The van der Waals surface area contributed by atoms with Crippen LogP contribution in [-0.2, 0) is 6.61 Å².